The number of amides is 1. The summed E-state index contributed by atoms with van der Waals surface area (Å²) in [5, 5.41) is 0.433. The third-order valence-electron chi connectivity index (χ3n) is 4.26. The molecule has 2 aromatic rings. The highest BCUT2D eigenvalue weighted by atomic mass is 79.9. The Labute approximate surface area is 184 Å². The molecule has 0 bridgehead atoms. The maximum Gasteiger partial charge on any atom is 0.281 e. The molecule has 0 aromatic heterocycles. The number of carbonyl (C=O) groups is 1. The second kappa shape index (κ2) is 9.24. The van der Waals surface area contributed by atoms with Crippen molar-refractivity contribution in [3.8, 4) is 11.5 Å². The zero-order valence-electron chi connectivity index (χ0n) is 16.2. The summed E-state index contributed by atoms with van der Waals surface area (Å²) >= 11 is 9.04. The maximum absolute atomic E-state index is 13.1. The molecule has 1 fully saturated rings. The number of hydrogen-bond acceptors (Lipinski definition) is 4. The van der Waals surface area contributed by atoms with Gasteiger partial charge < -0.3 is 14.4 Å². The summed E-state index contributed by atoms with van der Waals surface area (Å²) in [7, 11) is 1.79. The normalized spacial score (nSPS) is 15.2. The lowest BCUT2D eigenvalue weighted by molar-refractivity contribution is -0.114. The van der Waals surface area contributed by atoms with Crippen molar-refractivity contribution in [2.75, 3.05) is 25.2 Å². The molecule has 0 N–H and O–H groups in total. The zero-order valence-corrected chi connectivity index (χ0v) is 18.6. The van der Waals surface area contributed by atoms with Gasteiger partial charge in [0.05, 0.1) is 16.8 Å². The number of para-hydroxylation sites is 1. The van der Waals surface area contributed by atoms with Gasteiger partial charge in [-0.05, 0) is 71.0 Å². The SMILES string of the molecule is C=CCOc1c(Br)cc(C=C2C(=O)N(c3ccccc3)C(=S)N2C)cc1OCC. The second-order valence-corrected chi connectivity index (χ2v) is 7.43. The fourth-order valence-electron chi connectivity index (χ4n) is 2.94. The van der Waals surface area contributed by atoms with Gasteiger partial charge in [-0.2, -0.15) is 0 Å². The van der Waals surface area contributed by atoms with Crippen LogP contribution in [0.2, 0.25) is 0 Å². The summed E-state index contributed by atoms with van der Waals surface area (Å²) < 4.78 is 12.2. The monoisotopic (exact) mass is 472 g/mol. The number of ether oxygens (including phenoxy) is 2. The van der Waals surface area contributed by atoms with Gasteiger partial charge in [0, 0.05) is 7.05 Å². The Balaban J connectivity index is 1.99. The second-order valence-electron chi connectivity index (χ2n) is 6.21. The van der Waals surface area contributed by atoms with Gasteiger partial charge in [0.1, 0.15) is 12.3 Å². The van der Waals surface area contributed by atoms with Crippen molar-refractivity contribution in [2.24, 2.45) is 0 Å². The van der Waals surface area contributed by atoms with Crippen molar-refractivity contribution in [1.82, 2.24) is 4.90 Å². The molecular weight excluding hydrogens is 452 g/mol. The molecule has 0 saturated carbocycles. The largest absolute Gasteiger partial charge is 0.490 e. The Morgan fingerprint density at radius 3 is 2.59 bits per heavy atom. The van der Waals surface area contributed by atoms with Crippen LogP contribution in [0.25, 0.3) is 6.08 Å². The van der Waals surface area contributed by atoms with Gasteiger partial charge >= 0.3 is 0 Å². The van der Waals surface area contributed by atoms with Crippen LogP contribution >= 0.6 is 28.1 Å². The molecular formula is C22H21BrN2O3S. The van der Waals surface area contributed by atoms with Crippen molar-refractivity contribution in [2.45, 2.75) is 6.92 Å². The highest BCUT2D eigenvalue weighted by molar-refractivity contribution is 9.10. The van der Waals surface area contributed by atoms with Crippen LogP contribution in [0.1, 0.15) is 12.5 Å². The smallest absolute Gasteiger partial charge is 0.281 e. The molecule has 7 heteroatoms. The average molecular weight is 473 g/mol. The number of benzene rings is 2. The Hall–Kier alpha value is -2.64. The van der Waals surface area contributed by atoms with Crippen LogP contribution in [0.3, 0.4) is 0 Å². The lowest BCUT2D eigenvalue weighted by atomic mass is 10.1. The summed E-state index contributed by atoms with van der Waals surface area (Å²) in [6.07, 6.45) is 3.46. The minimum atomic E-state index is -0.176. The van der Waals surface area contributed by atoms with Gasteiger partial charge in [-0.1, -0.05) is 30.9 Å². The first-order chi connectivity index (χ1) is 14.0. The highest BCUT2D eigenvalue weighted by Gasteiger charge is 2.36. The fourth-order valence-corrected chi connectivity index (χ4v) is 3.80. The molecule has 1 saturated heterocycles. The summed E-state index contributed by atoms with van der Waals surface area (Å²) in [5.74, 6) is 1.01. The minimum Gasteiger partial charge on any atom is -0.490 e. The molecule has 3 rings (SSSR count). The summed E-state index contributed by atoms with van der Waals surface area (Å²) in [6, 6.07) is 13.1. The van der Waals surface area contributed by atoms with E-state index in [2.05, 4.69) is 22.5 Å². The molecule has 0 atom stereocenters. The van der Waals surface area contributed by atoms with E-state index in [1.807, 2.05) is 49.4 Å². The Bertz CT molecular complexity index is 976. The summed E-state index contributed by atoms with van der Waals surface area (Å²) in [6.45, 7) is 6.43. The first kappa shape index (κ1) is 21.1. The van der Waals surface area contributed by atoms with Crippen molar-refractivity contribution in [3.05, 3.63) is 70.9 Å². The molecule has 2 aromatic carbocycles. The van der Waals surface area contributed by atoms with Crippen LogP contribution in [0, 0.1) is 0 Å². The van der Waals surface area contributed by atoms with Crippen LogP contribution in [-0.2, 0) is 4.79 Å². The van der Waals surface area contributed by atoms with E-state index in [1.165, 1.54) is 4.90 Å². The fraction of sp³-hybridized carbons (Fsp3) is 0.182. The van der Waals surface area contributed by atoms with Crippen LogP contribution in [-0.4, -0.2) is 36.2 Å². The first-order valence-electron chi connectivity index (χ1n) is 9.06. The topological polar surface area (TPSA) is 42.0 Å². The number of carbonyl (C=O) groups excluding carboxylic acids is 1. The predicted octanol–water partition coefficient (Wildman–Crippen LogP) is 5.02. The average Bonchev–Trinajstić information content (AvgIpc) is 2.91. The van der Waals surface area contributed by atoms with E-state index in [1.54, 1.807) is 24.1 Å². The number of likely N-dealkylation sites (N-methyl/N-ethyl adjacent to an activating group) is 1. The van der Waals surface area contributed by atoms with Crippen LogP contribution in [0.5, 0.6) is 11.5 Å². The third-order valence-corrected chi connectivity index (χ3v) is 5.30. The summed E-state index contributed by atoms with van der Waals surface area (Å²) in [5.41, 5.74) is 2.01. The van der Waals surface area contributed by atoms with Gasteiger partial charge in [-0.25, -0.2) is 0 Å². The van der Waals surface area contributed by atoms with E-state index in [9.17, 15) is 4.79 Å². The number of anilines is 1. The first-order valence-corrected chi connectivity index (χ1v) is 10.3. The minimum absolute atomic E-state index is 0.176. The molecule has 1 aliphatic heterocycles. The molecule has 0 unspecified atom stereocenters. The number of thiocarbonyl (C=S) groups is 1. The molecule has 1 amide bonds. The zero-order chi connectivity index (χ0) is 21.0. The molecule has 0 spiro atoms. The lowest BCUT2D eigenvalue weighted by Crippen LogP contribution is -2.30. The number of nitrogens with zero attached hydrogens (tertiary/aromatic N) is 2. The Morgan fingerprint density at radius 1 is 1.21 bits per heavy atom. The van der Waals surface area contributed by atoms with E-state index in [0.29, 0.717) is 35.5 Å². The van der Waals surface area contributed by atoms with Gasteiger partial charge in [-0.15, -0.1) is 0 Å². The van der Waals surface area contributed by atoms with Crippen LogP contribution < -0.4 is 14.4 Å². The molecule has 0 aliphatic carbocycles. The number of halogens is 1. The van der Waals surface area contributed by atoms with Crippen molar-refractivity contribution in [1.29, 1.82) is 0 Å². The number of rotatable bonds is 7. The van der Waals surface area contributed by atoms with E-state index in [4.69, 9.17) is 21.7 Å². The van der Waals surface area contributed by atoms with Gasteiger partial charge in [0.15, 0.2) is 16.6 Å². The quantitative estimate of drug-likeness (QED) is 0.321. The van der Waals surface area contributed by atoms with Gasteiger partial charge in [-0.3, -0.25) is 9.69 Å². The molecule has 150 valence electrons. The van der Waals surface area contributed by atoms with Crippen LogP contribution in [0.4, 0.5) is 5.69 Å². The molecule has 1 heterocycles. The lowest BCUT2D eigenvalue weighted by Gasteiger charge is -2.16. The standard InChI is InChI=1S/C22H21BrN2O3S/c1-4-11-28-20-17(23)12-15(14-19(20)27-5-2)13-18-21(26)25(22(29)24(18)3)16-9-7-6-8-10-16/h4,6-10,12-14H,1,5,11H2,2-3H3. The van der Waals surface area contributed by atoms with E-state index >= 15 is 0 Å². The predicted molar refractivity (Wildman–Crippen MR) is 123 cm³/mol. The highest BCUT2D eigenvalue weighted by Crippen LogP contribution is 2.38. The van der Waals surface area contributed by atoms with Gasteiger partial charge in [0.2, 0.25) is 0 Å². The van der Waals surface area contributed by atoms with Crippen molar-refractivity contribution in [3.63, 3.8) is 0 Å². The van der Waals surface area contributed by atoms with E-state index in [-0.39, 0.29) is 5.91 Å². The maximum atomic E-state index is 13.1. The van der Waals surface area contributed by atoms with Crippen molar-refractivity contribution < 1.29 is 14.3 Å². The van der Waals surface area contributed by atoms with Crippen LogP contribution in [0.15, 0.2) is 65.3 Å². The summed E-state index contributed by atoms with van der Waals surface area (Å²) in [4.78, 5) is 16.3. The molecule has 5 nitrogen and oxygen atoms in total. The van der Waals surface area contributed by atoms with Crippen molar-refractivity contribution >= 4 is 50.9 Å². The van der Waals surface area contributed by atoms with E-state index < -0.39 is 0 Å². The molecule has 1 aliphatic rings. The molecule has 29 heavy (non-hydrogen) atoms. The van der Waals surface area contributed by atoms with Gasteiger partial charge in [0.25, 0.3) is 5.91 Å². The Morgan fingerprint density at radius 2 is 1.93 bits per heavy atom. The van der Waals surface area contributed by atoms with E-state index in [0.717, 1.165) is 15.7 Å². The third kappa shape index (κ3) is 4.36. The Kier molecular flexibility index (Phi) is 6.71. The number of hydrogen-bond donors (Lipinski definition) is 0. The molecule has 0 radical (unpaired) electrons.